The summed E-state index contributed by atoms with van der Waals surface area (Å²) in [7, 11) is 0. The summed E-state index contributed by atoms with van der Waals surface area (Å²) < 4.78 is 0. The molecule has 1 fully saturated rings. The maximum absolute atomic E-state index is 2.58. The summed E-state index contributed by atoms with van der Waals surface area (Å²) >= 11 is 1.90. The summed E-state index contributed by atoms with van der Waals surface area (Å²) in [5.74, 6) is 0. The van der Waals surface area contributed by atoms with Crippen LogP contribution in [-0.4, -0.2) is 24.5 Å². The van der Waals surface area contributed by atoms with Crippen LogP contribution >= 0.6 is 11.8 Å². The lowest BCUT2D eigenvalue weighted by molar-refractivity contribution is 0.250. The van der Waals surface area contributed by atoms with Crippen molar-refractivity contribution in [2.75, 3.05) is 19.6 Å². The third-order valence-corrected chi connectivity index (χ3v) is 3.55. The Labute approximate surface area is 98.6 Å². The molecule has 0 aromatic carbocycles. The van der Waals surface area contributed by atoms with Gasteiger partial charge in [0.05, 0.1) is 0 Å². The van der Waals surface area contributed by atoms with Gasteiger partial charge in [0, 0.05) is 6.54 Å². The van der Waals surface area contributed by atoms with Crippen LogP contribution in [0, 0.1) is 0 Å². The Morgan fingerprint density at radius 3 is 2.53 bits per heavy atom. The van der Waals surface area contributed by atoms with Gasteiger partial charge in [-0.2, -0.15) is 0 Å². The standard InChI is InChI=1S/C11H17NS.C2H6/c1-3-7-12(8-4-1)10-11-6-2-5-9-13-11;1-2/h5-6,9H,1-4,7-8,10H2;1-2H3. The van der Waals surface area contributed by atoms with E-state index in [0.717, 1.165) is 6.42 Å². The highest BCUT2D eigenvalue weighted by Gasteiger charge is 2.11. The molecular formula is C13H23NS. The minimum Gasteiger partial charge on any atom is -0.299 e. The molecule has 0 aromatic rings. The lowest BCUT2D eigenvalue weighted by atomic mass is 10.1. The van der Waals surface area contributed by atoms with E-state index in [-0.39, 0.29) is 0 Å². The molecule has 0 aliphatic carbocycles. The minimum atomic E-state index is 1.14. The average Bonchev–Trinajstić information content (AvgIpc) is 2.34. The summed E-state index contributed by atoms with van der Waals surface area (Å²) in [5.41, 5.74) is 0. The van der Waals surface area contributed by atoms with Crippen molar-refractivity contribution in [3.8, 4) is 0 Å². The molecule has 2 heteroatoms. The number of hydrogen-bond acceptors (Lipinski definition) is 2. The third kappa shape index (κ3) is 4.89. The number of hydrogen-bond donors (Lipinski definition) is 0. The van der Waals surface area contributed by atoms with Crippen LogP contribution in [0.2, 0.25) is 0 Å². The van der Waals surface area contributed by atoms with E-state index in [1.54, 1.807) is 4.91 Å². The van der Waals surface area contributed by atoms with Crippen LogP contribution < -0.4 is 0 Å². The Kier molecular flexibility index (Phi) is 6.86. The molecule has 1 saturated heterocycles. The molecule has 0 bridgehead atoms. The molecule has 0 aromatic heterocycles. The predicted octanol–water partition coefficient (Wildman–Crippen LogP) is 4.03. The molecule has 2 aliphatic heterocycles. The van der Waals surface area contributed by atoms with Gasteiger partial charge in [-0.1, -0.05) is 32.4 Å². The lowest BCUT2D eigenvalue weighted by Crippen LogP contribution is -2.31. The molecule has 0 radical (unpaired) electrons. The van der Waals surface area contributed by atoms with Gasteiger partial charge in [0.1, 0.15) is 0 Å². The van der Waals surface area contributed by atoms with Crippen LogP contribution in [0.4, 0.5) is 0 Å². The zero-order chi connectivity index (χ0) is 10.9. The Morgan fingerprint density at radius 1 is 1.20 bits per heavy atom. The molecule has 0 unspecified atom stereocenters. The first-order valence-corrected chi connectivity index (χ1v) is 7.06. The molecule has 15 heavy (non-hydrogen) atoms. The summed E-state index contributed by atoms with van der Waals surface area (Å²) in [5, 5.41) is 2.22. The topological polar surface area (TPSA) is 3.24 Å². The second-order valence-corrected chi connectivity index (χ2v) is 4.76. The molecule has 1 nitrogen and oxygen atoms in total. The van der Waals surface area contributed by atoms with Gasteiger partial charge in [-0.3, -0.25) is 4.90 Å². The molecule has 2 heterocycles. The fourth-order valence-corrected chi connectivity index (χ4v) is 2.71. The number of piperidine rings is 1. The minimum absolute atomic E-state index is 1.14. The van der Waals surface area contributed by atoms with E-state index in [1.165, 1.54) is 38.9 Å². The van der Waals surface area contributed by atoms with Gasteiger partial charge < -0.3 is 0 Å². The number of rotatable bonds is 2. The van der Waals surface area contributed by atoms with Gasteiger partial charge in [-0.25, -0.2) is 0 Å². The number of nitrogens with zero attached hydrogens (tertiary/aromatic N) is 1. The Morgan fingerprint density at radius 2 is 1.93 bits per heavy atom. The highest BCUT2D eigenvalue weighted by molar-refractivity contribution is 8.05. The van der Waals surface area contributed by atoms with Crippen molar-refractivity contribution in [1.29, 1.82) is 0 Å². The van der Waals surface area contributed by atoms with Crippen LogP contribution in [0.1, 0.15) is 39.5 Å². The number of thioether (sulfide) groups is 1. The van der Waals surface area contributed by atoms with E-state index in [1.807, 2.05) is 25.6 Å². The first-order chi connectivity index (χ1) is 7.45. The van der Waals surface area contributed by atoms with Crippen LogP contribution in [0.3, 0.4) is 0 Å². The summed E-state index contributed by atoms with van der Waals surface area (Å²) in [6.45, 7) is 7.80. The molecule has 0 amide bonds. The van der Waals surface area contributed by atoms with Crippen molar-refractivity contribution in [2.45, 2.75) is 39.5 Å². The Hall–Kier alpha value is -0.210. The van der Waals surface area contributed by atoms with Crippen LogP contribution in [0.15, 0.2) is 22.5 Å². The summed E-state index contributed by atoms with van der Waals surface area (Å²) in [6.07, 6.45) is 9.95. The van der Waals surface area contributed by atoms with Gasteiger partial charge in [0.15, 0.2) is 0 Å². The molecule has 2 aliphatic rings. The second-order valence-electron chi connectivity index (χ2n) is 3.73. The van der Waals surface area contributed by atoms with Crippen molar-refractivity contribution in [1.82, 2.24) is 4.90 Å². The first kappa shape index (κ1) is 12.9. The smallest absolute Gasteiger partial charge is 0.0293 e. The first-order valence-electron chi connectivity index (χ1n) is 6.18. The van der Waals surface area contributed by atoms with Crippen LogP contribution in [0.25, 0.3) is 0 Å². The van der Waals surface area contributed by atoms with Crippen molar-refractivity contribution < 1.29 is 0 Å². The maximum Gasteiger partial charge on any atom is 0.0293 e. The maximum atomic E-state index is 2.58. The molecule has 0 atom stereocenters. The van der Waals surface area contributed by atoms with Gasteiger partial charge in [0.25, 0.3) is 0 Å². The van der Waals surface area contributed by atoms with Crippen molar-refractivity contribution in [3.63, 3.8) is 0 Å². The van der Waals surface area contributed by atoms with Crippen molar-refractivity contribution in [3.05, 3.63) is 22.5 Å². The predicted molar refractivity (Wildman–Crippen MR) is 71.1 cm³/mol. The zero-order valence-corrected chi connectivity index (χ0v) is 10.9. The molecule has 0 N–H and O–H groups in total. The quantitative estimate of drug-likeness (QED) is 0.698. The summed E-state index contributed by atoms with van der Waals surface area (Å²) in [4.78, 5) is 4.13. The van der Waals surface area contributed by atoms with Gasteiger partial charge >= 0.3 is 0 Å². The highest BCUT2D eigenvalue weighted by atomic mass is 32.2. The molecule has 0 saturated carbocycles. The van der Waals surface area contributed by atoms with E-state index in [2.05, 4.69) is 22.5 Å². The fourth-order valence-electron chi connectivity index (χ4n) is 1.88. The van der Waals surface area contributed by atoms with E-state index in [9.17, 15) is 0 Å². The Bertz CT molecular complexity index is 215. The highest BCUT2D eigenvalue weighted by Crippen LogP contribution is 2.24. The SMILES string of the molecule is C1=CSC(CN2CCCCC2)=CC1.CC. The second kappa shape index (κ2) is 8.00. The monoisotopic (exact) mass is 225 g/mol. The van der Waals surface area contributed by atoms with Crippen LogP contribution in [-0.2, 0) is 0 Å². The molecule has 0 spiro atoms. The molecule has 2 rings (SSSR count). The van der Waals surface area contributed by atoms with Gasteiger partial charge in [-0.15, -0.1) is 11.8 Å². The van der Waals surface area contributed by atoms with E-state index in [4.69, 9.17) is 0 Å². The molecule has 86 valence electrons. The van der Waals surface area contributed by atoms with Crippen molar-refractivity contribution in [2.24, 2.45) is 0 Å². The normalized spacial score (nSPS) is 21.6. The van der Waals surface area contributed by atoms with Gasteiger partial charge in [-0.05, 0) is 42.7 Å². The number of likely N-dealkylation sites (tertiary alicyclic amines) is 1. The van der Waals surface area contributed by atoms with Gasteiger partial charge in [0.2, 0.25) is 0 Å². The molecular weight excluding hydrogens is 202 g/mol. The van der Waals surface area contributed by atoms with E-state index < -0.39 is 0 Å². The van der Waals surface area contributed by atoms with E-state index >= 15 is 0 Å². The lowest BCUT2D eigenvalue weighted by Gasteiger charge is -2.27. The largest absolute Gasteiger partial charge is 0.299 e. The zero-order valence-electron chi connectivity index (χ0n) is 10.0. The Balaban J connectivity index is 0.000000531. The number of allylic oxidation sites excluding steroid dienone is 2. The fraction of sp³-hybridized carbons (Fsp3) is 0.692. The van der Waals surface area contributed by atoms with Crippen molar-refractivity contribution >= 4 is 11.8 Å². The van der Waals surface area contributed by atoms with Crippen LogP contribution in [0.5, 0.6) is 0 Å². The summed E-state index contributed by atoms with van der Waals surface area (Å²) in [6, 6.07) is 0. The van der Waals surface area contributed by atoms with E-state index in [0.29, 0.717) is 0 Å². The average molecular weight is 225 g/mol. The third-order valence-electron chi connectivity index (χ3n) is 2.63.